The molecule has 0 bridgehead atoms. The molecule has 1 amide bonds. The van der Waals surface area contributed by atoms with Crippen molar-refractivity contribution in [2.45, 2.75) is 20.2 Å². The topological polar surface area (TPSA) is 86.9 Å². The summed E-state index contributed by atoms with van der Waals surface area (Å²) >= 11 is 6.01. The maximum Gasteiger partial charge on any atom is 0.278 e. The molecule has 10 heteroatoms. The third-order valence-electron chi connectivity index (χ3n) is 4.39. The van der Waals surface area contributed by atoms with Crippen LogP contribution in [0.15, 0.2) is 61.1 Å². The van der Waals surface area contributed by atoms with E-state index in [0.29, 0.717) is 17.3 Å². The fraction of sp³-hybridized carbons (Fsp3) is 0.143. The van der Waals surface area contributed by atoms with Crippen LogP contribution in [0.5, 0.6) is 5.75 Å². The van der Waals surface area contributed by atoms with Crippen molar-refractivity contribution >= 4 is 23.5 Å². The predicted octanol–water partition coefficient (Wildman–Crippen LogP) is 3.91. The lowest BCUT2D eigenvalue weighted by Crippen LogP contribution is -2.15. The molecular weight excluding hydrogens is 423 g/mol. The molecule has 0 radical (unpaired) electrons. The normalized spacial score (nSPS) is 10.8. The average molecular weight is 441 g/mol. The summed E-state index contributed by atoms with van der Waals surface area (Å²) in [4.78, 5) is 16.5. The number of carbonyl (C=O) groups excluding carboxylic acids is 1. The number of hydrogen-bond acceptors (Lipinski definition) is 5. The van der Waals surface area contributed by atoms with Crippen molar-refractivity contribution in [1.29, 1.82) is 0 Å². The van der Waals surface area contributed by atoms with E-state index in [2.05, 4.69) is 20.5 Å². The van der Waals surface area contributed by atoms with Gasteiger partial charge in [0.05, 0.1) is 6.54 Å². The van der Waals surface area contributed by atoms with Crippen LogP contribution in [-0.4, -0.2) is 30.5 Å². The first-order valence-electron chi connectivity index (χ1n) is 9.34. The maximum atomic E-state index is 13.0. The van der Waals surface area contributed by atoms with Gasteiger partial charge in [-0.25, -0.2) is 18.7 Å². The zero-order chi connectivity index (χ0) is 21.8. The number of aryl methyl sites for hydroxylation is 1. The first-order valence-corrected chi connectivity index (χ1v) is 9.72. The van der Waals surface area contributed by atoms with Crippen LogP contribution in [0.3, 0.4) is 0 Å². The summed E-state index contributed by atoms with van der Waals surface area (Å²) < 4.78 is 21.7. The molecule has 158 valence electrons. The van der Waals surface area contributed by atoms with E-state index in [1.54, 1.807) is 41.2 Å². The van der Waals surface area contributed by atoms with Crippen LogP contribution >= 0.6 is 11.6 Å². The summed E-state index contributed by atoms with van der Waals surface area (Å²) in [5.74, 6) is 0.0536. The molecular formula is C21H18ClFN6O2. The highest BCUT2D eigenvalue weighted by molar-refractivity contribution is 6.31. The molecule has 0 saturated heterocycles. The number of halogens is 2. The monoisotopic (exact) mass is 440 g/mol. The summed E-state index contributed by atoms with van der Waals surface area (Å²) in [5, 5.41) is 11.7. The largest absolute Gasteiger partial charge is 0.471 e. The Labute approximate surface area is 182 Å². The number of hydrogen-bond donors (Lipinski definition) is 1. The van der Waals surface area contributed by atoms with E-state index in [9.17, 15) is 9.18 Å². The van der Waals surface area contributed by atoms with Crippen LogP contribution < -0.4 is 10.1 Å². The van der Waals surface area contributed by atoms with Crippen molar-refractivity contribution in [3.05, 3.63) is 88.7 Å². The zero-order valence-corrected chi connectivity index (χ0v) is 17.3. The Kier molecular flexibility index (Phi) is 5.94. The minimum atomic E-state index is -0.444. The molecule has 31 heavy (non-hydrogen) atoms. The molecule has 2 aromatic heterocycles. The van der Waals surface area contributed by atoms with Gasteiger partial charge in [0, 0.05) is 11.2 Å². The number of benzene rings is 2. The van der Waals surface area contributed by atoms with Crippen molar-refractivity contribution in [3.63, 3.8) is 0 Å². The lowest BCUT2D eigenvalue weighted by molar-refractivity contribution is 0.101. The van der Waals surface area contributed by atoms with Gasteiger partial charge in [-0.2, -0.15) is 5.10 Å². The Hall–Kier alpha value is -3.72. The Balaban J connectivity index is 1.33. The molecule has 0 atom stereocenters. The SMILES string of the molecule is Cc1cc(OCn2ccc(C(=O)Nc3ncn(Cc4ccc(F)cc4)n3)n2)ccc1Cl. The molecule has 2 aromatic carbocycles. The molecule has 0 fully saturated rings. The van der Waals surface area contributed by atoms with Gasteiger partial charge in [0.1, 0.15) is 17.9 Å². The number of rotatable bonds is 7. The van der Waals surface area contributed by atoms with Crippen LogP contribution in [0.1, 0.15) is 21.6 Å². The highest BCUT2D eigenvalue weighted by atomic mass is 35.5. The Morgan fingerprint density at radius 1 is 1.13 bits per heavy atom. The predicted molar refractivity (Wildman–Crippen MR) is 113 cm³/mol. The molecule has 0 aliphatic heterocycles. The molecule has 0 aliphatic rings. The van der Waals surface area contributed by atoms with Gasteiger partial charge in [-0.05, 0) is 54.4 Å². The summed E-state index contributed by atoms with van der Waals surface area (Å²) in [6.07, 6.45) is 3.12. The first kappa shape index (κ1) is 20.5. The molecule has 0 unspecified atom stereocenters. The lowest BCUT2D eigenvalue weighted by Gasteiger charge is -2.07. The van der Waals surface area contributed by atoms with E-state index in [1.165, 1.54) is 23.1 Å². The van der Waals surface area contributed by atoms with Gasteiger partial charge in [-0.15, -0.1) is 5.10 Å². The van der Waals surface area contributed by atoms with Gasteiger partial charge in [0.15, 0.2) is 12.4 Å². The highest BCUT2D eigenvalue weighted by Crippen LogP contribution is 2.21. The molecule has 0 spiro atoms. The molecule has 2 heterocycles. The van der Waals surface area contributed by atoms with E-state index < -0.39 is 5.91 Å². The average Bonchev–Trinajstić information content (AvgIpc) is 3.40. The van der Waals surface area contributed by atoms with Gasteiger partial charge in [-0.3, -0.25) is 10.1 Å². The van der Waals surface area contributed by atoms with Gasteiger partial charge >= 0.3 is 0 Å². The minimum Gasteiger partial charge on any atom is -0.471 e. The maximum absolute atomic E-state index is 13.0. The van der Waals surface area contributed by atoms with Crippen LogP contribution in [0.2, 0.25) is 5.02 Å². The number of carbonyl (C=O) groups is 1. The zero-order valence-electron chi connectivity index (χ0n) is 16.5. The number of anilines is 1. The van der Waals surface area contributed by atoms with Gasteiger partial charge in [0.2, 0.25) is 5.95 Å². The van der Waals surface area contributed by atoms with Crippen molar-refractivity contribution in [1.82, 2.24) is 24.5 Å². The molecule has 4 rings (SSSR count). The molecule has 4 aromatic rings. The Bertz CT molecular complexity index is 1200. The number of nitrogens with zero attached hydrogens (tertiary/aromatic N) is 5. The van der Waals surface area contributed by atoms with E-state index in [0.717, 1.165) is 11.1 Å². The second kappa shape index (κ2) is 8.97. The quantitative estimate of drug-likeness (QED) is 0.470. The van der Waals surface area contributed by atoms with Gasteiger partial charge < -0.3 is 4.74 Å². The van der Waals surface area contributed by atoms with Crippen molar-refractivity contribution in [2.24, 2.45) is 0 Å². The van der Waals surface area contributed by atoms with Crippen molar-refractivity contribution in [3.8, 4) is 5.75 Å². The molecule has 1 N–H and O–H groups in total. The number of aromatic nitrogens is 5. The summed E-state index contributed by atoms with van der Waals surface area (Å²) in [6.45, 7) is 2.43. The third kappa shape index (κ3) is 5.26. The lowest BCUT2D eigenvalue weighted by atomic mass is 10.2. The van der Waals surface area contributed by atoms with E-state index in [4.69, 9.17) is 16.3 Å². The number of ether oxygens (including phenoxy) is 1. The van der Waals surface area contributed by atoms with Crippen LogP contribution in [0.25, 0.3) is 0 Å². The van der Waals surface area contributed by atoms with Crippen molar-refractivity contribution < 1.29 is 13.9 Å². The Morgan fingerprint density at radius 3 is 2.71 bits per heavy atom. The Morgan fingerprint density at radius 2 is 1.94 bits per heavy atom. The van der Waals surface area contributed by atoms with E-state index in [1.807, 2.05) is 13.0 Å². The van der Waals surface area contributed by atoms with Gasteiger partial charge in [0.25, 0.3) is 5.91 Å². The summed E-state index contributed by atoms with van der Waals surface area (Å²) in [6, 6.07) is 13.0. The smallest absolute Gasteiger partial charge is 0.278 e. The van der Waals surface area contributed by atoms with Gasteiger partial charge in [-0.1, -0.05) is 23.7 Å². The third-order valence-corrected chi connectivity index (χ3v) is 4.81. The van der Waals surface area contributed by atoms with Crippen LogP contribution in [-0.2, 0) is 13.3 Å². The van der Waals surface area contributed by atoms with Crippen molar-refractivity contribution in [2.75, 3.05) is 5.32 Å². The fourth-order valence-corrected chi connectivity index (χ4v) is 2.89. The number of nitrogens with one attached hydrogen (secondary N) is 1. The minimum absolute atomic E-state index is 0.138. The van der Waals surface area contributed by atoms with Crippen LogP contribution in [0, 0.1) is 12.7 Å². The summed E-state index contributed by atoms with van der Waals surface area (Å²) in [7, 11) is 0. The highest BCUT2D eigenvalue weighted by Gasteiger charge is 2.13. The van der Waals surface area contributed by atoms with E-state index in [-0.39, 0.29) is 24.2 Å². The molecule has 0 saturated carbocycles. The fourth-order valence-electron chi connectivity index (χ4n) is 2.77. The molecule has 0 aliphatic carbocycles. The first-order chi connectivity index (χ1) is 15.0. The second-order valence-corrected chi connectivity index (χ2v) is 7.18. The second-order valence-electron chi connectivity index (χ2n) is 6.77. The molecule has 8 nitrogen and oxygen atoms in total. The van der Waals surface area contributed by atoms with E-state index >= 15 is 0 Å². The summed E-state index contributed by atoms with van der Waals surface area (Å²) in [5.41, 5.74) is 1.97. The van der Waals surface area contributed by atoms with Crippen LogP contribution in [0.4, 0.5) is 10.3 Å². The standard InChI is InChI=1S/C21H18ClFN6O2/c1-14-10-17(6-7-18(14)22)31-13-28-9-8-19(26-28)20(30)25-21-24-12-29(27-21)11-15-2-4-16(23)5-3-15/h2-10,12H,11,13H2,1H3,(H,25,27,30). The number of amides is 1.